The standard InChI is InChI=1S/C23H20BrN3O/c1-3-15-4-13-21-20(14-15)22(16-7-11-19(28-2)12-8-16)26-27-23(25-21)17-5-9-18(24)10-6-17/h4-14H,3H2,1-2H3,(H,25,27). The van der Waals surface area contributed by atoms with Crippen molar-refractivity contribution in [3.05, 3.63) is 93.5 Å². The number of ether oxygens (including phenoxy) is 1. The maximum absolute atomic E-state index is 5.29. The maximum Gasteiger partial charge on any atom is 0.154 e. The molecule has 0 aromatic heterocycles. The third-order valence-corrected chi connectivity index (χ3v) is 5.24. The van der Waals surface area contributed by atoms with Gasteiger partial charge in [0.2, 0.25) is 0 Å². The Labute approximate surface area is 173 Å². The average Bonchev–Trinajstić information content (AvgIpc) is 2.93. The molecule has 140 valence electrons. The summed E-state index contributed by atoms with van der Waals surface area (Å²) in [7, 11) is 1.67. The molecule has 1 N–H and O–H groups in total. The van der Waals surface area contributed by atoms with E-state index in [1.165, 1.54) is 5.56 Å². The van der Waals surface area contributed by atoms with E-state index in [4.69, 9.17) is 14.8 Å². The van der Waals surface area contributed by atoms with Crippen LogP contribution < -0.4 is 10.2 Å². The third kappa shape index (κ3) is 3.71. The molecule has 0 unspecified atom stereocenters. The van der Waals surface area contributed by atoms with Gasteiger partial charge in [-0.2, -0.15) is 5.10 Å². The van der Waals surface area contributed by atoms with Crippen molar-refractivity contribution in [1.29, 1.82) is 0 Å². The SMILES string of the molecule is CCc1ccc2c(c1)C(c1ccc(OC)cc1)=NNC(c1ccc(Br)cc1)=N2. The molecule has 0 aliphatic carbocycles. The summed E-state index contributed by atoms with van der Waals surface area (Å²) in [6.07, 6.45) is 0.958. The molecule has 3 aromatic rings. The van der Waals surface area contributed by atoms with Crippen LogP contribution in [0.3, 0.4) is 0 Å². The van der Waals surface area contributed by atoms with Crippen LogP contribution in [0.15, 0.2) is 81.3 Å². The van der Waals surface area contributed by atoms with Crippen molar-refractivity contribution in [3.63, 3.8) is 0 Å². The van der Waals surface area contributed by atoms with Crippen molar-refractivity contribution in [2.75, 3.05) is 7.11 Å². The number of amidine groups is 1. The zero-order valence-electron chi connectivity index (χ0n) is 15.7. The van der Waals surface area contributed by atoms with Gasteiger partial charge in [-0.05, 0) is 60.5 Å². The van der Waals surface area contributed by atoms with Crippen LogP contribution in [-0.4, -0.2) is 18.7 Å². The molecule has 0 bridgehead atoms. The number of rotatable bonds is 4. The van der Waals surface area contributed by atoms with E-state index in [2.05, 4.69) is 46.5 Å². The quantitative estimate of drug-likeness (QED) is 0.593. The van der Waals surface area contributed by atoms with E-state index < -0.39 is 0 Å². The van der Waals surface area contributed by atoms with E-state index in [9.17, 15) is 0 Å². The lowest BCUT2D eigenvalue weighted by Gasteiger charge is -2.10. The van der Waals surface area contributed by atoms with Gasteiger partial charge in [-0.3, -0.25) is 5.43 Å². The van der Waals surface area contributed by atoms with Gasteiger partial charge in [-0.25, -0.2) is 4.99 Å². The van der Waals surface area contributed by atoms with Crippen molar-refractivity contribution < 1.29 is 4.74 Å². The Morgan fingerprint density at radius 1 is 0.929 bits per heavy atom. The van der Waals surface area contributed by atoms with Crippen molar-refractivity contribution in [2.24, 2.45) is 10.1 Å². The molecule has 0 amide bonds. The molecule has 28 heavy (non-hydrogen) atoms. The molecule has 3 aromatic carbocycles. The Hall–Kier alpha value is -2.92. The van der Waals surface area contributed by atoms with Gasteiger partial charge in [0.1, 0.15) is 5.75 Å². The van der Waals surface area contributed by atoms with Crippen LogP contribution in [0, 0.1) is 0 Å². The molecule has 1 aliphatic rings. The second-order valence-electron chi connectivity index (χ2n) is 6.47. The zero-order chi connectivity index (χ0) is 19.5. The summed E-state index contributed by atoms with van der Waals surface area (Å²) in [6.45, 7) is 2.15. The number of halogens is 1. The van der Waals surface area contributed by atoms with E-state index in [1.54, 1.807) is 7.11 Å². The molecule has 0 saturated heterocycles. The first-order valence-electron chi connectivity index (χ1n) is 9.14. The lowest BCUT2D eigenvalue weighted by Crippen LogP contribution is -2.19. The van der Waals surface area contributed by atoms with E-state index >= 15 is 0 Å². The minimum absolute atomic E-state index is 0.724. The summed E-state index contributed by atoms with van der Waals surface area (Å²) >= 11 is 3.48. The first-order valence-corrected chi connectivity index (χ1v) is 9.93. The Morgan fingerprint density at radius 3 is 2.32 bits per heavy atom. The van der Waals surface area contributed by atoms with Crippen LogP contribution >= 0.6 is 15.9 Å². The molecule has 5 heteroatoms. The highest BCUT2D eigenvalue weighted by atomic mass is 79.9. The number of hydrazone groups is 1. The Balaban J connectivity index is 1.83. The highest BCUT2D eigenvalue weighted by Gasteiger charge is 2.18. The lowest BCUT2D eigenvalue weighted by atomic mass is 9.98. The van der Waals surface area contributed by atoms with Gasteiger partial charge in [0, 0.05) is 21.2 Å². The van der Waals surface area contributed by atoms with Gasteiger partial charge in [-0.1, -0.05) is 41.1 Å². The molecule has 1 aliphatic heterocycles. The summed E-state index contributed by atoms with van der Waals surface area (Å²) in [5.41, 5.74) is 9.19. The molecule has 4 nitrogen and oxygen atoms in total. The fourth-order valence-electron chi connectivity index (χ4n) is 3.11. The average molecular weight is 434 g/mol. The summed E-state index contributed by atoms with van der Waals surface area (Å²) in [6, 6.07) is 22.3. The van der Waals surface area contributed by atoms with Gasteiger partial charge in [0.25, 0.3) is 0 Å². The number of aliphatic imine (C=N–C) groups is 1. The highest BCUT2D eigenvalue weighted by molar-refractivity contribution is 9.10. The van der Waals surface area contributed by atoms with Crippen molar-refractivity contribution in [3.8, 4) is 5.75 Å². The predicted molar refractivity (Wildman–Crippen MR) is 118 cm³/mol. The minimum atomic E-state index is 0.724. The predicted octanol–water partition coefficient (Wildman–Crippen LogP) is 5.45. The van der Waals surface area contributed by atoms with E-state index in [0.29, 0.717) is 0 Å². The summed E-state index contributed by atoms with van der Waals surface area (Å²) in [5.74, 6) is 1.54. The van der Waals surface area contributed by atoms with Crippen molar-refractivity contribution in [2.45, 2.75) is 13.3 Å². The molecule has 0 spiro atoms. The summed E-state index contributed by atoms with van der Waals surface area (Å²) < 4.78 is 6.32. The number of aryl methyl sites for hydroxylation is 1. The third-order valence-electron chi connectivity index (χ3n) is 4.71. The van der Waals surface area contributed by atoms with Crippen LogP contribution in [0.5, 0.6) is 5.75 Å². The number of benzene rings is 3. The number of hydrogen-bond donors (Lipinski definition) is 1. The topological polar surface area (TPSA) is 46.0 Å². The van der Waals surface area contributed by atoms with Crippen molar-refractivity contribution >= 4 is 33.2 Å². The molecule has 0 radical (unpaired) electrons. The lowest BCUT2D eigenvalue weighted by molar-refractivity contribution is 0.415. The van der Waals surface area contributed by atoms with E-state index in [1.807, 2.05) is 48.5 Å². The molecule has 0 atom stereocenters. The maximum atomic E-state index is 5.29. The Morgan fingerprint density at radius 2 is 1.64 bits per heavy atom. The number of nitrogens with one attached hydrogen (secondary N) is 1. The van der Waals surface area contributed by atoms with Gasteiger partial charge in [0.15, 0.2) is 5.84 Å². The first-order chi connectivity index (χ1) is 13.7. The molecular weight excluding hydrogens is 414 g/mol. The number of methoxy groups -OCH3 is 1. The molecule has 0 saturated carbocycles. The van der Waals surface area contributed by atoms with Gasteiger partial charge >= 0.3 is 0 Å². The van der Waals surface area contributed by atoms with E-state index in [-0.39, 0.29) is 0 Å². The molecule has 0 fully saturated rings. The molecular formula is C23H20BrN3O. The van der Waals surface area contributed by atoms with Crippen LogP contribution in [0.25, 0.3) is 0 Å². The van der Waals surface area contributed by atoms with Crippen molar-refractivity contribution in [1.82, 2.24) is 5.43 Å². The zero-order valence-corrected chi connectivity index (χ0v) is 17.3. The largest absolute Gasteiger partial charge is 0.497 e. The van der Waals surface area contributed by atoms with Crippen LogP contribution in [-0.2, 0) is 6.42 Å². The highest BCUT2D eigenvalue weighted by Crippen LogP contribution is 2.28. The molecule has 4 rings (SSSR count). The summed E-state index contributed by atoms with van der Waals surface area (Å²) in [5, 5.41) is 4.73. The normalized spacial score (nSPS) is 13.0. The number of nitrogens with zero attached hydrogens (tertiary/aromatic N) is 2. The van der Waals surface area contributed by atoms with Gasteiger partial charge < -0.3 is 4.74 Å². The Kier molecular flexibility index (Phi) is 5.26. The van der Waals surface area contributed by atoms with Crippen LogP contribution in [0.4, 0.5) is 5.69 Å². The first kappa shape index (κ1) is 18.4. The number of hydrogen-bond acceptors (Lipinski definition) is 4. The van der Waals surface area contributed by atoms with Gasteiger partial charge in [0.05, 0.1) is 18.5 Å². The Bertz CT molecular complexity index is 1050. The fourth-order valence-corrected chi connectivity index (χ4v) is 3.37. The summed E-state index contributed by atoms with van der Waals surface area (Å²) in [4.78, 5) is 4.87. The molecule has 1 heterocycles. The van der Waals surface area contributed by atoms with E-state index in [0.717, 1.165) is 50.6 Å². The monoisotopic (exact) mass is 433 g/mol. The smallest absolute Gasteiger partial charge is 0.154 e. The number of fused-ring (bicyclic) bond motifs is 1. The second kappa shape index (κ2) is 7.98. The second-order valence-corrected chi connectivity index (χ2v) is 7.39. The van der Waals surface area contributed by atoms with Gasteiger partial charge in [-0.15, -0.1) is 0 Å². The fraction of sp³-hybridized carbons (Fsp3) is 0.130. The minimum Gasteiger partial charge on any atom is -0.497 e. The van der Waals surface area contributed by atoms with Crippen LogP contribution in [0.2, 0.25) is 0 Å². The van der Waals surface area contributed by atoms with Crippen LogP contribution in [0.1, 0.15) is 29.2 Å².